The van der Waals surface area contributed by atoms with Gasteiger partial charge in [0.15, 0.2) is 9.84 Å². The lowest BCUT2D eigenvalue weighted by Crippen LogP contribution is -2.26. The number of halogens is 3. The number of nitrogens with one attached hydrogen (secondary N) is 1. The summed E-state index contributed by atoms with van der Waals surface area (Å²) in [4.78, 5) is 7.32. The molecule has 3 aromatic rings. The molecule has 0 spiro atoms. The van der Waals surface area contributed by atoms with E-state index in [1.54, 1.807) is 42.7 Å². The van der Waals surface area contributed by atoms with Crippen molar-refractivity contribution in [3.8, 4) is 0 Å². The van der Waals surface area contributed by atoms with Crippen molar-refractivity contribution in [2.75, 3.05) is 0 Å². The molecule has 0 fully saturated rings. The molecule has 5 nitrogen and oxygen atoms in total. The van der Waals surface area contributed by atoms with Gasteiger partial charge >= 0.3 is 0 Å². The van der Waals surface area contributed by atoms with Crippen LogP contribution in [0.3, 0.4) is 0 Å². The summed E-state index contributed by atoms with van der Waals surface area (Å²) in [6.45, 7) is 0.146. The Morgan fingerprint density at radius 2 is 1.82 bits per heavy atom. The molecule has 0 radical (unpaired) electrons. The van der Waals surface area contributed by atoms with Gasteiger partial charge in [0, 0.05) is 39.4 Å². The van der Waals surface area contributed by atoms with Gasteiger partial charge in [-0.15, -0.1) is 0 Å². The third-order valence-corrected chi connectivity index (χ3v) is 7.71. The standard InChI is InChI=1S/C19H15Cl3N2O3S/c20-12-2-1-11(15(22)7-12)10-27-19-14-4-3-13(21)8-16(14)28(25,26)17(19)9-18-23-5-6-24-18/h1-8,17,19H,9-10H2,(H,23,24)/t17-,19-/m0/s1. The Hall–Kier alpha value is -1.57. The zero-order valence-electron chi connectivity index (χ0n) is 14.4. The quantitative estimate of drug-likeness (QED) is 0.583. The number of fused-ring (bicyclic) bond motifs is 1. The second-order valence-corrected chi connectivity index (χ2v) is 9.89. The van der Waals surface area contributed by atoms with Crippen molar-refractivity contribution in [2.45, 2.75) is 29.3 Å². The van der Waals surface area contributed by atoms with Gasteiger partial charge in [0.2, 0.25) is 0 Å². The Morgan fingerprint density at radius 3 is 2.54 bits per heavy atom. The molecule has 1 aliphatic rings. The molecule has 2 heterocycles. The van der Waals surface area contributed by atoms with Gasteiger partial charge in [0.05, 0.1) is 11.5 Å². The molecule has 28 heavy (non-hydrogen) atoms. The van der Waals surface area contributed by atoms with Gasteiger partial charge in [-0.25, -0.2) is 13.4 Å². The highest BCUT2D eigenvalue weighted by atomic mass is 35.5. The zero-order valence-corrected chi connectivity index (χ0v) is 17.5. The molecular formula is C19H15Cl3N2O3S. The lowest BCUT2D eigenvalue weighted by molar-refractivity contribution is 0.0382. The lowest BCUT2D eigenvalue weighted by Gasteiger charge is -2.20. The van der Waals surface area contributed by atoms with E-state index in [0.29, 0.717) is 26.5 Å². The molecule has 0 aliphatic carbocycles. The predicted molar refractivity (Wildman–Crippen MR) is 109 cm³/mol. The van der Waals surface area contributed by atoms with Crippen LogP contribution in [0.2, 0.25) is 15.1 Å². The minimum Gasteiger partial charge on any atom is -0.367 e. The van der Waals surface area contributed by atoms with E-state index in [0.717, 1.165) is 5.56 Å². The van der Waals surface area contributed by atoms with E-state index >= 15 is 0 Å². The van der Waals surface area contributed by atoms with E-state index in [1.165, 1.54) is 6.07 Å². The maximum atomic E-state index is 13.2. The number of H-pyrrole nitrogens is 1. The topological polar surface area (TPSA) is 72.1 Å². The summed E-state index contributed by atoms with van der Waals surface area (Å²) in [7, 11) is -3.64. The molecular weight excluding hydrogens is 443 g/mol. The maximum absolute atomic E-state index is 13.2. The number of aromatic nitrogens is 2. The van der Waals surface area contributed by atoms with Crippen LogP contribution in [0.25, 0.3) is 0 Å². The van der Waals surface area contributed by atoms with Crippen molar-refractivity contribution in [1.29, 1.82) is 0 Å². The number of rotatable bonds is 5. The third kappa shape index (κ3) is 3.67. The van der Waals surface area contributed by atoms with Crippen LogP contribution in [0, 0.1) is 0 Å². The predicted octanol–water partition coefficient (Wildman–Crippen LogP) is 5.03. The molecule has 2 aromatic carbocycles. The maximum Gasteiger partial charge on any atom is 0.184 e. The van der Waals surface area contributed by atoms with Crippen LogP contribution in [-0.4, -0.2) is 23.6 Å². The van der Waals surface area contributed by atoms with Gasteiger partial charge in [0.25, 0.3) is 0 Å². The number of sulfone groups is 1. The summed E-state index contributed by atoms with van der Waals surface area (Å²) >= 11 is 18.2. The molecule has 1 aliphatic heterocycles. The van der Waals surface area contributed by atoms with E-state index in [-0.39, 0.29) is 17.9 Å². The van der Waals surface area contributed by atoms with Crippen molar-refractivity contribution in [3.05, 3.63) is 80.8 Å². The third-order valence-electron chi connectivity index (χ3n) is 4.71. The Bertz CT molecular complexity index is 1120. The van der Waals surface area contributed by atoms with Crippen molar-refractivity contribution >= 4 is 44.6 Å². The number of ether oxygens (including phenoxy) is 1. The molecule has 146 valence electrons. The molecule has 0 saturated carbocycles. The van der Waals surface area contributed by atoms with E-state index in [1.807, 2.05) is 0 Å². The number of imidazole rings is 1. The number of nitrogens with zero attached hydrogens (tertiary/aromatic N) is 1. The van der Waals surface area contributed by atoms with E-state index < -0.39 is 21.2 Å². The highest BCUT2D eigenvalue weighted by molar-refractivity contribution is 7.92. The Kier molecular flexibility index (Phi) is 5.42. The fraction of sp³-hybridized carbons (Fsp3) is 0.211. The normalized spacial score (nSPS) is 20.2. The molecule has 1 N–H and O–H groups in total. The van der Waals surface area contributed by atoms with Crippen molar-refractivity contribution in [1.82, 2.24) is 9.97 Å². The summed E-state index contributed by atoms with van der Waals surface area (Å²) in [6, 6.07) is 9.94. The smallest absolute Gasteiger partial charge is 0.184 e. The van der Waals surface area contributed by atoms with E-state index in [2.05, 4.69) is 9.97 Å². The first kappa shape index (κ1) is 19.7. The molecule has 0 bridgehead atoms. The van der Waals surface area contributed by atoms with Gasteiger partial charge in [-0.1, -0.05) is 46.9 Å². The summed E-state index contributed by atoms with van der Waals surface area (Å²) < 4.78 is 32.4. The van der Waals surface area contributed by atoms with Crippen LogP contribution < -0.4 is 0 Å². The van der Waals surface area contributed by atoms with Gasteiger partial charge in [0.1, 0.15) is 17.2 Å². The van der Waals surface area contributed by atoms with Crippen LogP contribution in [0.1, 0.15) is 23.1 Å². The monoisotopic (exact) mass is 456 g/mol. The number of benzene rings is 2. The van der Waals surface area contributed by atoms with Crippen LogP contribution in [0.4, 0.5) is 0 Å². The minimum atomic E-state index is -3.64. The number of hydrogen-bond donors (Lipinski definition) is 1. The van der Waals surface area contributed by atoms with Crippen molar-refractivity contribution in [2.24, 2.45) is 0 Å². The first-order valence-corrected chi connectivity index (χ1v) is 11.1. The highest BCUT2D eigenvalue weighted by Gasteiger charge is 2.46. The average molecular weight is 458 g/mol. The van der Waals surface area contributed by atoms with Crippen molar-refractivity contribution in [3.63, 3.8) is 0 Å². The molecule has 0 unspecified atom stereocenters. The zero-order chi connectivity index (χ0) is 19.9. The van der Waals surface area contributed by atoms with Gasteiger partial charge in [-0.3, -0.25) is 0 Å². The molecule has 2 atom stereocenters. The van der Waals surface area contributed by atoms with Gasteiger partial charge < -0.3 is 9.72 Å². The SMILES string of the molecule is O=S1(=O)c2cc(Cl)ccc2[C@H](OCc2ccc(Cl)cc2Cl)[C@@H]1Cc1ncc[nH]1. The fourth-order valence-corrected chi connectivity index (χ4v) is 6.11. The summed E-state index contributed by atoms with van der Waals surface area (Å²) in [5.41, 5.74) is 1.31. The molecule has 0 saturated heterocycles. The van der Waals surface area contributed by atoms with Crippen LogP contribution in [-0.2, 0) is 27.6 Å². The Morgan fingerprint density at radius 1 is 1.07 bits per heavy atom. The summed E-state index contributed by atoms with van der Waals surface area (Å²) in [5.74, 6) is 0.575. The highest BCUT2D eigenvalue weighted by Crippen LogP contribution is 2.44. The lowest BCUT2D eigenvalue weighted by atomic mass is 10.0. The summed E-state index contributed by atoms with van der Waals surface area (Å²) in [5, 5.41) is 0.527. The summed E-state index contributed by atoms with van der Waals surface area (Å²) in [6.07, 6.45) is 2.77. The number of hydrogen-bond acceptors (Lipinski definition) is 4. The van der Waals surface area contributed by atoms with E-state index in [9.17, 15) is 8.42 Å². The number of aromatic amines is 1. The minimum absolute atomic E-state index is 0.146. The Labute approximate surface area is 177 Å². The van der Waals surface area contributed by atoms with Crippen LogP contribution in [0.15, 0.2) is 53.7 Å². The molecule has 0 amide bonds. The van der Waals surface area contributed by atoms with E-state index in [4.69, 9.17) is 39.5 Å². The average Bonchev–Trinajstić information content (AvgIpc) is 3.22. The first-order valence-electron chi connectivity index (χ1n) is 8.43. The molecule has 1 aromatic heterocycles. The van der Waals surface area contributed by atoms with Gasteiger partial charge in [-0.2, -0.15) is 0 Å². The van der Waals surface area contributed by atoms with Crippen LogP contribution >= 0.6 is 34.8 Å². The first-order chi connectivity index (χ1) is 13.4. The second kappa shape index (κ2) is 7.69. The fourth-order valence-electron chi connectivity index (χ4n) is 3.35. The van der Waals surface area contributed by atoms with Crippen LogP contribution in [0.5, 0.6) is 0 Å². The molecule has 9 heteroatoms. The molecule has 4 rings (SSSR count). The second-order valence-electron chi connectivity index (χ2n) is 6.47. The largest absolute Gasteiger partial charge is 0.367 e. The Balaban J connectivity index is 1.69. The van der Waals surface area contributed by atoms with Gasteiger partial charge in [-0.05, 0) is 29.8 Å². The van der Waals surface area contributed by atoms with Crippen molar-refractivity contribution < 1.29 is 13.2 Å².